The molecule has 1 unspecified atom stereocenters. The summed E-state index contributed by atoms with van der Waals surface area (Å²) in [5.41, 5.74) is 15.9. The summed E-state index contributed by atoms with van der Waals surface area (Å²) in [7, 11) is 0. The Morgan fingerprint density at radius 1 is 0.556 bits per heavy atom. The molecule has 3 heteroatoms. The maximum atomic E-state index is 5.39. The minimum Gasteiger partial charge on any atom is -0.340 e. The standard InChI is InChI=1S/C51H37N3/c1-51(2)44-16-8-5-13-39(44)41-29-30-42-40-14-7-10-18-46(40)54(49(42)47(41)51)38-27-25-35(26-28-38)50-52-45-17-9-6-15-43(45)48(53-50)34-22-19-33(20-23-34)37-24-21-32-11-3-4-12-36(32)31-37/h3-31,48H,1-2H3,(H,52,53). The smallest absolute Gasteiger partial charge is 0.133 e. The number of fused-ring (bicyclic) bond motifs is 9. The average molecular weight is 692 g/mol. The van der Waals surface area contributed by atoms with Crippen LogP contribution in [0.15, 0.2) is 181 Å². The van der Waals surface area contributed by atoms with Crippen LogP contribution in [0, 0.1) is 0 Å². The second kappa shape index (κ2) is 11.6. The molecule has 1 aromatic heterocycles. The fourth-order valence-corrected chi connectivity index (χ4v) is 9.18. The van der Waals surface area contributed by atoms with Crippen molar-refractivity contribution in [3.8, 4) is 27.9 Å². The number of para-hydroxylation sites is 2. The fourth-order valence-electron chi connectivity index (χ4n) is 9.18. The van der Waals surface area contributed by atoms with Gasteiger partial charge in [0, 0.05) is 38.7 Å². The van der Waals surface area contributed by atoms with Crippen molar-refractivity contribution >= 4 is 44.1 Å². The summed E-state index contributed by atoms with van der Waals surface area (Å²) >= 11 is 0. The average Bonchev–Trinajstić information content (AvgIpc) is 3.69. The quantitative estimate of drug-likeness (QED) is 0.196. The van der Waals surface area contributed by atoms with Gasteiger partial charge in [-0.3, -0.25) is 4.99 Å². The van der Waals surface area contributed by atoms with Crippen molar-refractivity contribution in [1.29, 1.82) is 0 Å². The summed E-state index contributed by atoms with van der Waals surface area (Å²) in [6.45, 7) is 4.75. The molecule has 3 nitrogen and oxygen atoms in total. The summed E-state index contributed by atoms with van der Waals surface area (Å²) in [4.78, 5) is 5.39. The van der Waals surface area contributed by atoms with Gasteiger partial charge in [0.05, 0.1) is 11.0 Å². The van der Waals surface area contributed by atoms with Crippen LogP contribution in [-0.2, 0) is 5.41 Å². The highest BCUT2D eigenvalue weighted by atomic mass is 15.0. The summed E-state index contributed by atoms with van der Waals surface area (Å²) in [6.07, 6.45) is 0. The van der Waals surface area contributed by atoms with Gasteiger partial charge >= 0.3 is 0 Å². The van der Waals surface area contributed by atoms with E-state index in [1.807, 2.05) is 0 Å². The molecular weight excluding hydrogens is 655 g/mol. The zero-order chi connectivity index (χ0) is 36.0. The number of amidine groups is 1. The first-order chi connectivity index (χ1) is 26.5. The lowest BCUT2D eigenvalue weighted by molar-refractivity contribution is 0.664. The van der Waals surface area contributed by atoms with Crippen molar-refractivity contribution in [3.05, 3.63) is 204 Å². The second-order valence-corrected chi connectivity index (χ2v) is 15.2. The van der Waals surface area contributed by atoms with E-state index in [1.54, 1.807) is 0 Å². The number of anilines is 1. The maximum absolute atomic E-state index is 5.39. The number of nitrogens with zero attached hydrogens (tertiary/aromatic N) is 2. The number of hydrogen-bond acceptors (Lipinski definition) is 2. The van der Waals surface area contributed by atoms with E-state index in [0.717, 1.165) is 22.8 Å². The molecular formula is C51H37N3. The predicted molar refractivity (Wildman–Crippen MR) is 226 cm³/mol. The lowest BCUT2D eigenvalue weighted by atomic mass is 9.81. The lowest BCUT2D eigenvalue weighted by Gasteiger charge is -2.26. The first-order valence-electron chi connectivity index (χ1n) is 18.8. The molecule has 1 aliphatic heterocycles. The largest absolute Gasteiger partial charge is 0.340 e. The molecule has 2 heterocycles. The lowest BCUT2D eigenvalue weighted by Crippen LogP contribution is -2.22. The van der Waals surface area contributed by atoms with Crippen LogP contribution in [0.2, 0.25) is 0 Å². The van der Waals surface area contributed by atoms with E-state index < -0.39 is 0 Å². The molecule has 0 saturated carbocycles. The molecule has 54 heavy (non-hydrogen) atoms. The Bertz CT molecular complexity index is 2980. The van der Waals surface area contributed by atoms with Crippen molar-refractivity contribution in [3.63, 3.8) is 0 Å². The molecule has 1 aliphatic carbocycles. The first kappa shape index (κ1) is 30.9. The second-order valence-electron chi connectivity index (χ2n) is 15.2. The molecule has 11 rings (SSSR count). The highest BCUT2D eigenvalue weighted by Gasteiger charge is 2.38. The highest BCUT2D eigenvalue weighted by Crippen LogP contribution is 2.53. The number of hydrogen-bond donors (Lipinski definition) is 1. The molecule has 1 atom stereocenters. The van der Waals surface area contributed by atoms with Crippen molar-refractivity contribution < 1.29 is 0 Å². The third-order valence-electron chi connectivity index (χ3n) is 11.8. The summed E-state index contributed by atoms with van der Waals surface area (Å²) in [6, 6.07) is 63.9. The molecule has 8 aromatic carbocycles. The SMILES string of the molecule is CC1(C)c2ccccc2-c2ccc3c4ccccc4n(-c4ccc(C5=NC(c6ccc(-c7ccc8ccccc8c7)cc6)c6ccccc6N5)cc4)c3c21. The highest BCUT2D eigenvalue weighted by molar-refractivity contribution is 6.13. The number of benzene rings is 8. The first-order valence-corrected chi connectivity index (χ1v) is 18.8. The van der Waals surface area contributed by atoms with Gasteiger partial charge in [-0.15, -0.1) is 0 Å². The fraction of sp³-hybridized carbons (Fsp3) is 0.0784. The molecule has 0 radical (unpaired) electrons. The van der Waals surface area contributed by atoms with Crippen LogP contribution < -0.4 is 5.32 Å². The van der Waals surface area contributed by atoms with E-state index in [2.05, 4.69) is 200 Å². The number of rotatable bonds is 4. The van der Waals surface area contributed by atoms with Crippen molar-refractivity contribution in [2.45, 2.75) is 25.3 Å². The number of aliphatic imine (C=N–C) groups is 1. The molecule has 0 amide bonds. The topological polar surface area (TPSA) is 29.3 Å². The Kier molecular flexibility index (Phi) is 6.66. The summed E-state index contributed by atoms with van der Waals surface area (Å²) < 4.78 is 2.48. The minimum atomic E-state index is -0.131. The zero-order valence-corrected chi connectivity index (χ0v) is 30.2. The van der Waals surface area contributed by atoms with E-state index in [1.165, 1.54) is 77.1 Å². The van der Waals surface area contributed by atoms with Crippen LogP contribution in [-0.4, -0.2) is 10.4 Å². The molecule has 0 saturated heterocycles. The van der Waals surface area contributed by atoms with Crippen LogP contribution in [0.25, 0.3) is 60.5 Å². The Balaban J connectivity index is 0.994. The van der Waals surface area contributed by atoms with Gasteiger partial charge in [0.15, 0.2) is 0 Å². The maximum Gasteiger partial charge on any atom is 0.133 e. The molecule has 0 fully saturated rings. The summed E-state index contributed by atoms with van der Waals surface area (Å²) in [5, 5.41) is 8.75. The van der Waals surface area contributed by atoms with Crippen LogP contribution in [0.3, 0.4) is 0 Å². The van der Waals surface area contributed by atoms with Gasteiger partial charge in [-0.2, -0.15) is 0 Å². The van der Waals surface area contributed by atoms with E-state index >= 15 is 0 Å². The monoisotopic (exact) mass is 691 g/mol. The van der Waals surface area contributed by atoms with E-state index in [-0.39, 0.29) is 11.5 Å². The predicted octanol–water partition coefficient (Wildman–Crippen LogP) is 12.9. The van der Waals surface area contributed by atoms with Crippen LogP contribution in [0.5, 0.6) is 0 Å². The Morgan fingerprint density at radius 2 is 1.26 bits per heavy atom. The van der Waals surface area contributed by atoms with Crippen molar-refractivity contribution in [2.24, 2.45) is 4.99 Å². The van der Waals surface area contributed by atoms with E-state index in [4.69, 9.17) is 4.99 Å². The Morgan fingerprint density at radius 3 is 2.13 bits per heavy atom. The van der Waals surface area contributed by atoms with Gasteiger partial charge in [0.2, 0.25) is 0 Å². The Labute approximate surface area is 314 Å². The number of aromatic nitrogens is 1. The van der Waals surface area contributed by atoms with Gasteiger partial charge < -0.3 is 9.88 Å². The van der Waals surface area contributed by atoms with Gasteiger partial charge in [0.25, 0.3) is 0 Å². The van der Waals surface area contributed by atoms with E-state index in [0.29, 0.717) is 0 Å². The van der Waals surface area contributed by atoms with Crippen molar-refractivity contribution in [1.82, 2.24) is 4.57 Å². The third kappa shape index (κ3) is 4.58. The molecule has 2 aliphatic rings. The van der Waals surface area contributed by atoms with E-state index in [9.17, 15) is 0 Å². The van der Waals surface area contributed by atoms with Crippen LogP contribution in [0.4, 0.5) is 5.69 Å². The van der Waals surface area contributed by atoms with Crippen LogP contribution >= 0.6 is 0 Å². The molecule has 0 bridgehead atoms. The Hall–Kier alpha value is -6.71. The third-order valence-corrected chi connectivity index (χ3v) is 11.8. The molecule has 9 aromatic rings. The van der Waals surface area contributed by atoms with Gasteiger partial charge in [-0.25, -0.2) is 0 Å². The molecule has 256 valence electrons. The van der Waals surface area contributed by atoms with Gasteiger partial charge in [0.1, 0.15) is 11.9 Å². The number of nitrogens with one attached hydrogen (secondary N) is 1. The zero-order valence-electron chi connectivity index (χ0n) is 30.2. The van der Waals surface area contributed by atoms with Crippen molar-refractivity contribution in [2.75, 3.05) is 5.32 Å². The van der Waals surface area contributed by atoms with Gasteiger partial charge in [-0.05, 0) is 92.2 Å². The normalized spacial score (nSPS) is 15.4. The molecule has 0 spiro atoms. The van der Waals surface area contributed by atoms with Crippen LogP contribution in [0.1, 0.15) is 47.7 Å². The molecule has 1 N–H and O–H groups in total. The van der Waals surface area contributed by atoms with Gasteiger partial charge in [-0.1, -0.05) is 147 Å². The minimum absolute atomic E-state index is 0.119. The summed E-state index contributed by atoms with van der Waals surface area (Å²) in [5.74, 6) is 0.878.